The maximum absolute atomic E-state index is 12.8. The lowest BCUT2D eigenvalue weighted by molar-refractivity contribution is 0.102. The molecule has 3 heterocycles. The second kappa shape index (κ2) is 8.90. The minimum absolute atomic E-state index is 0.0198. The number of benzene rings is 2. The van der Waals surface area contributed by atoms with Gasteiger partial charge in [0.05, 0.1) is 12.3 Å². The SMILES string of the molecule is CCOc1ccc(-c2nnc(NC(=O)c3ccc4c(c3)S(=O)(=O)N=C3CCCCCN34)o2)cc1. The predicted octanol–water partition coefficient (Wildman–Crippen LogP) is 3.87. The lowest BCUT2D eigenvalue weighted by atomic mass is 10.1. The molecule has 1 N–H and O–H groups in total. The molecule has 176 valence electrons. The molecule has 0 spiro atoms. The van der Waals surface area contributed by atoms with Crippen molar-refractivity contribution in [2.24, 2.45) is 4.40 Å². The van der Waals surface area contributed by atoms with Gasteiger partial charge in [-0.2, -0.15) is 8.42 Å². The summed E-state index contributed by atoms with van der Waals surface area (Å²) < 4.78 is 40.6. The fourth-order valence-corrected chi connectivity index (χ4v) is 5.33. The summed E-state index contributed by atoms with van der Waals surface area (Å²) >= 11 is 0. The predicted molar refractivity (Wildman–Crippen MR) is 126 cm³/mol. The van der Waals surface area contributed by atoms with Gasteiger partial charge < -0.3 is 14.1 Å². The molecule has 34 heavy (non-hydrogen) atoms. The maximum atomic E-state index is 12.8. The summed E-state index contributed by atoms with van der Waals surface area (Å²) in [7, 11) is -3.89. The van der Waals surface area contributed by atoms with E-state index < -0.39 is 15.9 Å². The van der Waals surface area contributed by atoms with E-state index in [-0.39, 0.29) is 22.4 Å². The molecule has 10 nitrogen and oxygen atoms in total. The summed E-state index contributed by atoms with van der Waals surface area (Å²) in [6, 6.07) is 11.6. The molecule has 0 aliphatic carbocycles. The number of amidine groups is 1. The summed E-state index contributed by atoms with van der Waals surface area (Å²) in [5.74, 6) is 0.952. The fraction of sp³-hybridized carbons (Fsp3) is 0.304. The number of hydrogen-bond donors (Lipinski definition) is 1. The normalized spacial score (nSPS) is 16.6. The molecular formula is C23H23N5O5S. The monoisotopic (exact) mass is 481 g/mol. The van der Waals surface area contributed by atoms with Gasteiger partial charge in [-0.25, -0.2) is 0 Å². The van der Waals surface area contributed by atoms with E-state index in [1.165, 1.54) is 6.07 Å². The van der Waals surface area contributed by atoms with Crippen LogP contribution in [0.1, 0.15) is 43.0 Å². The smallest absolute Gasteiger partial charge is 0.322 e. The lowest BCUT2D eigenvalue weighted by Gasteiger charge is -2.29. The first-order chi connectivity index (χ1) is 16.4. The lowest BCUT2D eigenvalue weighted by Crippen LogP contribution is -2.35. The van der Waals surface area contributed by atoms with E-state index in [0.717, 1.165) is 25.0 Å². The molecule has 0 bridgehead atoms. The average molecular weight is 482 g/mol. The number of aromatic nitrogens is 2. The Labute approximate surface area is 196 Å². The van der Waals surface area contributed by atoms with Crippen LogP contribution in [0.2, 0.25) is 0 Å². The van der Waals surface area contributed by atoms with Crippen LogP contribution < -0.4 is 15.0 Å². The van der Waals surface area contributed by atoms with E-state index in [9.17, 15) is 13.2 Å². The van der Waals surface area contributed by atoms with E-state index in [4.69, 9.17) is 9.15 Å². The number of amides is 1. The van der Waals surface area contributed by atoms with Crippen molar-refractivity contribution in [1.29, 1.82) is 0 Å². The van der Waals surface area contributed by atoms with Crippen LogP contribution in [-0.2, 0) is 10.0 Å². The molecule has 2 aliphatic heterocycles. The van der Waals surface area contributed by atoms with Crippen LogP contribution in [0.3, 0.4) is 0 Å². The van der Waals surface area contributed by atoms with Crippen molar-refractivity contribution in [2.75, 3.05) is 23.4 Å². The Hall–Kier alpha value is -3.73. The van der Waals surface area contributed by atoms with Gasteiger partial charge in [-0.3, -0.25) is 10.1 Å². The van der Waals surface area contributed by atoms with Crippen molar-refractivity contribution >= 4 is 33.5 Å². The molecule has 3 aromatic rings. The maximum Gasteiger partial charge on any atom is 0.322 e. The zero-order valence-corrected chi connectivity index (χ0v) is 19.3. The van der Waals surface area contributed by atoms with Crippen LogP contribution in [0.15, 0.2) is 56.2 Å². The molecule has 0 atom stereocenters. The summed E-state index contributed by atoms with van der Waals surface area (Å²) in [6.45, 7) is 3.16. The van der Waals surface area contributed by atoms with Gasteiger partial charge >= 0.3 is 6.01 Å². The summed E-state index contributed by atoms with van der Waals surface area (Å²) in [6.07, 6.45) is 3.50. The van der Waals surface area contributed by atoms with Gasteiger partial charge in [-0.1, -0.05) is 11.5 Å². The molecule has 0 unspecified atom stereocenters. The van der Waals surface area contributed by atoms with Crippen molar-refractivity contribution in [3.63, 3.8) is 0 Å². The average Bonchev–Trinajstić information content (AvgIpc) is 3.16. The van der Waals surface area contributed by atoms with Gasteiger partial charge in [-0.15, -0.1) is 9.50 Å². The van der Waals surface area contributed by atoms with Crippen LogP contribution >= 0.6 is 0 Å². The van der Waals surface area contributed by atoms with Gasteiger partial charge in [0.1, 0.15) is 16.5 Å². The van der Waals surface area contributed by atoms with Gasteiger partial charge in [0.15, 0.2) is 0 Å². The number of nitrogens with zero attached hydrogens (tertiary/aromatic N) is 4. The Morgan fingerprint density at radius 1 is 1.12 bits per heavy atom. The van der Waals surface area contributed by atoms with Crippen molar-refractivity contribution in [3.8, 4) is 17.2 Å². The van der Waals surface area contributed by atoms with E-state index in [1.807, 2.05) is 11.8 Å². The van der Waals surface area contributed by atoms with Crippen LogP contribution in [-0.4, -0.2) is 43.5 Å². The second-order valence-electron chi connectivity index (χ2n) is 7.95. The highest BCUT2D eigenvalue weighted by molar-refractivity contribution is 7.90. The Bertz CT molecular complexity index is 1360. The molecule has 5 rings (SSSR count). The first-order valence-electron chi connectivity index (χ1n) is 11.1. The number of ether oxygens (including phenoxy) is 1. The minimum atomic E-state index is -3.89. The highest BCUT2D eigenvalue weighted by Crippen LogP contribution is 2.35. The number of rotatable bonds is 5. The number of carbonyl (C=O) groups excluding carboxylic acids is 1. The summed E-state index contributed by atoms with van der Waals surface area (Å²) in [4.78, 5) is 14.8. The van der Waals surface area contributed by atoms with E-state index >= 15 is 0 Å². The first-order valence-corrected chi connectivity index (χ1v) is 12.5. The zero-order valence-electron chi connectivity index (χ0n) is 18.5. The Morgan fingerprint density at radius 3 is 2.74 bits per heavy atom. The molecule has 1 aromatic heterocycles. The Kier molecular flexibility index (Phi) is 5.78. The van der Waals surface area contributed by atoms with Crippen LogP contribution in [0.4, 0.5) is 11.7 Å². The molecule has 1 fully saturated rings. The highest BCUT2D eigenvalue weighted by Gasteiger charge is 2.32. The number of anilines is 2. The standard InChI is InChI=1S/C23H23N5O5S/c1-2-32-17-10-7-15(8-11-17)22-25-26-23(33-22)24-21(29)16-9-12-18-19(14-16)34(30,31)27-20-6-4-3-5-13-28(18)20/h7-12,14H,2-6,13H2,1H3,(H,24,26,29). The fourth-order valence-electron chi connectivity index (χ4n) is 4.04. The number of hydrogen-bond acceptors (Lipinski definition) is 8. The largest absolute Gasteiger partial charge is 0.494 e. The van der Waals surface area contributed by atoms with Gasteiger partial charge in [-0.05, 0) is 62.2 Å². The molecular weight excluding hydrogens is 458 g/mol. The third kappa shape index (κ3) is 4.26. The van der Waals surface area contributed by atoms with Crippen molar-refractivity contribution in [1.82, 2.24) is 10.2 Å². The van der Waals surface area contributed by atoms with Gasteiger partial charge in [0, 0.05) is 24.1 Å². The third-order valence-electron chi connectivity index (χ3n) is 5.67. The third-order valence-corrected chi connectivity index (χ3v) is 7.00. The van der Waals surface area contributed by atoms with E-state index in [0.29, 0.717) is 36.7 Å². The van der Waals surface area contributed by atoms with Crippen LogP contribution in [0, 0.1) is 0 Å². The molecule has 11 heteroatoms. The number of nitrogens with one attached hydrogen (secondary N) is 1. The summed E-state index contributed by atoms with van der Waals surface area (Å²) in [5, 5.41) is 10.4. The Morgan fingerprint density at radius 2 is 1.94 bits per heavy atom. The second-order valence-corrected chi connectivity index (χ2v) is 9.52. The number of sulfonamides is 1. The van der Waals surface area contributed by atoms with Crippen LogP contribution in [0.5, 0.6) is 5.75 Å². The van der Waals surface area contributed by atoms with Crippen LogP contribution in [0.25, 0.3) is 11.5 Å². The first kappa shape index (κ1) is 22.1. The Balaban J connectivity index is 1.36. The summed E-state index contributed by atoms with van der Waals surface area (Å²) in [5.41, 5.74) is 1.37. The van der Waals surface area contributed by atoms with Gasteiger partial charge in [0.25, 0.3) is 15.9 Å². The molecule has 1 saturated heterocycles. The van der Waals surface area contributed by atoms with Gasteiger partial charge in [0.2, 0.25) is 5.89 Å². The molecule has 2 aromatic carbocycles. The van der Waals surface area contributed by atoms with E-state index in [2.05, 4.69) is 19.9 Å². The molecule has 0 saturated carbocycles. The zero-order chi connectivity index (χ0) is 23.7. The molecule has 2 aliphatic rings. The number of carbonyl (C=O) groups is 1. The quantitative estimate of drug-likeness (QED) is 0.582. The van der Waals surface area contributed by atoms with Crippen molar-refractivity contribution in [2.45, 2.75) is 37.5 Å². The van der Waals surface area contributed by atoms with Crippen molar-refractivity contribution < 1.29 is 22.4 Å². The minimum Gasteiger partial charge on any atom is -0.494 e. The highest BCUT2D eigenvalue weighted by atomic mass is 32.2. The molecule has 1 amide bonds. The van der Waals surface area contributed by atoms with E-state index in [1.54, 1.807) is 36.4 Å². The topological polar surface area (TPSA) is 127 Å². The van der Waals surface area contributed by atoms with Crippen molar-refractivity contribution in [3.05, 3.63) is 48.0 Å². The molecule has 0 radical (unpaired) electrons. The number of fused-ring (bicyclic) bond motifs is 3.